The molecule has 0 atom stereocenters. The summed E-state index contributed by atoms with van der Waals surface area (Å²) >= 11 is 3.28. The fourth-order valence-electron chi connectivity index (χ4n) is 1.69. The number of amides is 1. The maximum Gasteiger partial charge on any atom is 0.244 e. The third-order valence-corrected chi connectivity index (χ3v) is 3.48. The van der Waals surface area contributed by atoms with Crippen LogP contribution in [-0.4, -0.2) is 29.6 Å². The molecule has 1 aliphatic rings. The summed E-state index contributed by atoms with van der Waals surface area (Å²) in [7, 11) is 0. The topological polar surface area (TPSA) is 77.2 Å². The molecule has 6 heteroatoms. The summed E-state index contributed by atoms with van der Waals surface area (Å²) in [6.07, 6.45) is 2.72. The highest BCUT2D eigenvalue weighted by Gasteiger charge is 2.36. The van der Waals surface area contributed by atoms with Gasteiger partial charge in [0, 0.05) is 19.4 Å². The number of halogens is 1. The van der Waals surface area contributed by atoms with Crippen LogP contribution in [0.1, 0.15) is 12.8 Å². The maximum atomic E-state index is 12.1. The highest BCUT2D eigenvalue weighted by Crippen LogP contribution is 2.23. The van der Waals surface area contributed by atoms with E-state index in [-0.39, 0.29) is 5.91 Å². The molecule has 3 N–H and O–H groups in total. The van der Waals surface area contributed by atoms with Crippen LogP contribution in [0.25, 0.3) is 0 Å². The fourth-order valence-corrected chi connectivity index (χ4v) is 2.04. The minimum absolute atomic E-state index is 0.186. The number of aromatic nitrogens is 1. The van der Waals surface area contributed by atoms with Crippen molar-refractivity contribution in [2.45, 2.75) is 18.4 Å². The number of hydrogen-bond acceptors (Lipinski definition) is 4. The van der Waals surface area contributed by atoms with Crippen molar-refractivity contribution >= 4 is 27.5 Å². The quantitative estimate of drug-likeness (QED) is 0.807. The molecule has 0 aliphatic carbocycles. The number of carbonyl (C=O) groups excluding carboxylic acids is 1. The Morgan fingerprint density at radius 3 is 2.88 bits per heavy atom. The zero-order chi connectivity index (χ0) is 12.3. The first-order valence-electron chi connectivity index (χ1n) is 5.40. The van der Waals surface area contributed by atoms with Crippen LogP contribution in [0.15, 0.2) is 22.9 Å². The van der Waals surface area contributed by atoms with Gasteiger partial charge in [0.15, 0.2) is 0 Å². The molecule has 5 nitrogen and oxygen atoms in total. The van der Waals surface area contributed by atoms with Crippen LogP contribution < -0.4 is 11.1 Å². The van der Waals surface area contributed by atoms with Gasteiger partial charge in [0.1, 0.15) is 10.1 Å². The summed E-state index contributed by atoms with van der Waals surface area (Å²) in [6, 6.07) is 3.53. The Hall–Kier alpha value is -0.980. The third-order valence-electron chi connectivity index (χ3n) is 2.84. The van der Waals surface area contributed by atoms with Crippen LogP contribution in [0.4, 0.5) is 5.69 Å². The Morgan fingerprint density at radius 1 is 1.53 bits per heavy atom. The molecule has 0 bridgehead atoms. The van der Waals surface area contributed by atoms with E-state index in [1.807, 2.05) is 0 Å². The number of rotatable bonds is 2. The second-order valence-electron chi connectivity index (χ2n) is 4.06. The predicted octanol–water partition coefficient (Wildman–Crippen LogP) is 1.29. The van der Waals surface area contributed by atoms with Gasteiger partial charge in [-0.1, -0.05) is 0 Å². The Bertz CT molecular complexity index is 419. The van der Waals surface area contributed by atoms with Crippen molar-refractivity contribution in [3.8, 4) is 0 Å². The van der Waals surface area contributed by atoms with Crippen molar-refractivity contribution in [1.29, 1.82) is 0 Å². The minimum atomic E-state index is -0.840. The van der Waals surface area contributed by atoms with E-state index in [2.05, 4.69) is 26.2 Å². The average molecular weight is 300 g/mol. The molecule has 17 heavy (non-hydrogen) atoms. The monoisotopic (exact) mass is 299 g/mol. The molecular formula is C11H14BrN3O2. The lowest BCUT2D eigenvalue weighted by Crippen LogP contribution is -2.54. The molecule has 1 aliphatic heterocycles. The fraction of sp³-hybridized carbons (Fsp3) is 0.455. The maximum absolute atomic E-state index is 12.1. The number of hydrogen-bond donors (Lipinski definition) is 2. The Kier molecular flexibility index (Phi) is 3.76. The van der Waals surface area contributed by atoms with E-state index in [0.717, 1.165) is 0 Å². The molecule has 1 fully saturated rings. The van der Waals surface area contributed by atoms with Gasteiger partial charge in [0.05, 0.1) is 5.69 Å². The van der Waals surface area contributed by atoms with E-state index in [9.17, 15) is 4.79 Å². The molecule has 1 saturated heterocycles. The molecule has 0 saturated carbocycles. The van der Waals surface area contributed by atoms with Gasteiger partial charge < -0.3 is 15.8 Å². The van der Waals surface area contributed by atoms with E-state index in [1.54, 1.807) is 18.3 Å². The van der Waals surface area contributed by atoms with Crippen molar-refractivity contribution in [3.05, 3.63) is 22.9 Å². The van der Waals surface area contributed by atoms with E-state index < -0.39 is 5.54 Å². The lowest BCUT2D eigenvalue weighted by molar-refractivity contribution is -0.124. The molecule has 1 aromatic heterocycles. The highest BCUT2D eigenvalue weighted by molar-refractivity contribution is 9.10. The molecule has 1 amide bonds. The van der Waals surface area contributed by atoms with Gasteiger partial charge in [-0.3, -0.25) is 4.79 Å². The van der Waals surface area contributed by atoms with Crippen molar-refractivity contribution in [1.82, 2.24) is 4.98 Å². The van der Waals surface area contributed by atoms with Crippen molar-refractivity contribution in [3.63, 3.8) is 0 Å². The standard InChI is InChI=1S/C11H14BrN3O2/c12-9-8(2-1-5-14-9)15-10(16)11(13)3-6-17-7-4-11/h1-2,5H,3-4,6-7,13H2,(H,15,16). The van der Waals surface area contributed by atoms with Crippen LogP contribution in [0.5, 0.6) is 0 Å². The van der Waals surface area contributed by atoms with E-state index in [4.69, 9.17) is 10.5 Å². The SMILES string of the molecule is NC1(C(=O)Nc2cccnc2Br)CCOCC1. The van der Waals surface area contributed by atoms with Crippen LogP contribution in [0, 0.1) is 0 Å². The number of anilines is 1. The summed E-state index contributed by atoms with van der Waals surface area (Å²) < 4.78 is 5.81. The first-order chi connectivity index (χ1) is 8.12. The highest BCUT2D eigenvalue weighted by atomic mass is 79.9. The largest absolute Gasteiger partial charge is 0.381 e. The van der Waals surface area contributed by atoms with Crippen molar-refractivity contribution in [2.75, 3.05) is 18.5 Å². The van der Waals surface area contributed by atoms with Gasteiger partial charge >= 0.3 is 0 Å². The summed E-state index contributed by atoms with van der Waals surface area (Å²) in [5.74, 6) is -0.186. The van der Waals surface area contributed by atoms with Crippen LogP contribution in [0.2, 0.25) is 0 Å². The second-order valence-corrected chi connectivity index (χ2v) is 4.82. The molecule has 2 heterocycles. The number of nitrogens with one attached hydrogen (secondary N) is 1. The lowest BCUT2D eigenvalue weighted by atomic mass is 9.90. The van der Waals surface area contributed by atoms with Crippen molar-refractivity contribution < 1.29 is 9.53 Å². The average Bonchev–Trinajstić information content (AvgIpc) is 2.33. The molecule has 1 aromatic rings. The number of nitrogens with zero attached hydrogens (tertiary/aromatic N) is 1. The van der Waals surface area contributed by atoms with E-state index in [0.29, 0.717) is 36.3 Å². The lowest BCUT2D eigenvalue weighted by Gasteiger charge is -2.31. The van der Waals surface area contributed by atoms with Crippen molar-refractivity contribution in [2.24, 2.45) is 5.73 Å². The van der Waals surface area contributed by atoms with Crippen LogP contribution >= 0.6 is 15.9 Å². The Morgan fingerprint density at radius 2 is 2.24 bits per heavy atom. The molecule has 2 rings (SSSR count). The summed E-state index contributed by atoms with van der Waals surface area (Å²) in [6.45, 7) is 1.05. The zero-order valence-corrected chi connectivity index (χ0v) is 10.9. The van der Waals surface area contributed by atoms with Gasteiger partial charge in [-0.15, -0.1) is 0 Å². The third kappa shape index (κ3) is 2.83. The summed E-state index contributed by atoms with van der Waals surface area (Å²) in [5.41, 5.74) is 5.87. The summed E-state index contributed by atoms with van der Waals surface area (Å²) in [4.78, 5) is 16.1. The smallest absolute Gasteiger partial charge is 0.244 e. The first kappa shape index (κ1) is 12.5. The van der Waals surface area contributed by atoms with Gasteiger partial charge in [-0.25, -0.2) is 4.98 Å². The minimum Gasteiger partial charge on any atom is -0.381 e. The molecule has 0 spiro atoms. The molecule has 0 radical (unpaired) electrons. The Balaban J connectivity index is 2.08. The number of pyridine rings is 1. The van der Waals surface area contributed by atoms with Gasteiger partial charge in [-0.05, 0) is 40.9 Å². The number of ether oxygens (including phenoxy) is 1. The second kappa shape index (κ2) is 5.12. The van der Waals surface area contributed by atoms with Crippen LogP contribution in [-0.2, 0) is 9.53 Å². The van der Waals surface area contributed by atoms with Gasteiger partial charge in [-0.2, -0.15) is 0 Å². The van der Waals surface area contributed by atoms with Gasteiger partial charge in [0.25, 0.3) is 0 Å². The normalized spacial score (nSPS) is 18.7. The van der Waals surface area contributed by atoms with Gasteiger partial charge in [0.2, 0.25) is 5.91 Å². The van der Waals surface area contributed by atoms with Crippen LogP contribution in [0.3, 0.4) is 0 Å². The molecular weight excluding hydrogens is 286 g/mol. The number of carbonyl (C=O) groups is 1. The summed E-state index contributed by atoms with van der Waals surface area (Å²) in [5, 5.41) is 2.79. The molecule has 92 valence electrons. The number of nitrogens with two attached hydrogens (primary N) is 1. The first-order valence-corrected chi connectivity index (χ1v) is 6.20. The van der Waals surface area contributed by atoms with E-state index >= 15 is 0 Å². The predicted molar refractivity (Wildman–Crippen MR) is 67.5 cm³/mol. The molecule has 0 unspecified atom stereocenters. The van der Waals surface area contributed by atoms with E-state index in [1.165, 1.54) is 0 Å². The Labute approximate surface area is 108 Å². The zero-order valence-electron chi connectivity index (χ0n) is 9.28. The molecule has 0 aromatic carbocycles.